The molecule has 0 aromatic carbocycles. The Morgan fingerprint density at radius 2 is 2.18 bits per heavy atom. The van der Waals surface area contributed by atoms with Crippen LogP contribution in [0.15, 0.2) is 12.3 Å². The molecular formula is C13H17N3O. The molecule has 0 saturated heterocycles. The summed E-state index contributed by atoms with van der Waals surface area (Å²) >= 11 is 0. The number of anilines is 2. The highest BCUT2D eigenvalue weighted by atomic mass is 16.2. The lowest BCUT2D eigenvalue weighted by molar-refractivity contribution is -0.120. The summed E-state index contributed by atoms with van der Waals surface area (Å²) in [7, 11) is 0. The van der Waals surface area contributed by atoms with E-state index in [1.165, 1.54) is 6.42 Å². The van der Waals surface area contributed by atoms with Crippen molar-refractivity contribution in [1.29, 1.82) is 0 Å². The highest BCUT2D eigenvalue weighted by Crippen LogP contribution is 2.34. The molecule has 1 amide bonds. The average molecular weight is 231 g/mol. The summed E-state index contributed by atoms with van der Waals surface area (Å²) in [4.78, 5) is 16.5. The van der Waals surface area contributed by atoms with Gasteiger partial charge in [0, 0.05) is 12.2 Å². The van der Waals surface area contributed by atoms with Crippen molar-refractivity contribution in [3.8, 4) is 0 Å². The van der Waals surface area contributed by atoms with Crippen LogP contribution in [-0.4, -0.2) is 16.9 Å². The Morgan fingerprint density at radius 3 is 3.06 bits per heavy atom. The second-order valence-electron chi connectivity index (χ2n) is 4.98. The Labute approximate surface area is 101 Å². The van der Waals surface area contributed by atoms with Crippen LogP contribution in [0, 0.1) is 12.8 Å². The molecule has 1 aliphatic heterocycles. The van der Waals surface area contributed by atoms with Crippen LogP contribution < -0.4 is 10.6 Å². The molecule has 0 spiro atoms. The molecule has 4 nitrogen and oxygen atoms in total. The van der Waals surface area contributed by atoms with Gasteiger partial charge in [0.15, 0.2) is 0 Å². The molecule has 2 unspecified atom stereocenters. The van der Waals surface area contributed by atoms with Gasteiger partial charge in [-0.2, -0.15) is 0 Å². The van der Waals surface area contributed by atoms with Crippen molar-refractivity contribution < 1.29 is 4.79 Å². The fraction of sp³-hybridized carbons (Fsp3) is 0.538. The summed E-state index contributed by atoms with van der Waals surface area (Å²) in [5.41, 5.74) is 1.92. The largest absolute Gasteiger partial charge is 0.365 e. The van der Waals surface area contributed by atoms with E-state index < -0.39 is 0 Å². The van der Waals surface area contributed by atoms with E-state index in [-0.39, 0.29) is 17.9 Å². The quantitative estimate of drug-likeness (QED) is 0.720. The van der Waals surface area contributed by atoms with Crippen molar-refractivity contribution in [1.82, 2.24) is 4.98 Å². The van der Waals surface area contributed by atoms with Crippen LogP contribution in [0.4, 0.5) is 11.5 Å². The topological polar surface area (TPSA) is 54.0 Å². The molecule has 17 heavy (non-hydrogen) atoms. The average Bonchev–Trinajstić information content (AvgIpc) is 2.47. The molecule has 90 valence electrons. The minimum Gasteiger partial charge on any atom is -0.365 e. The summed E-state index contributed by atoms with van der Waals surface area (Å²) in [6.07, 6.45) is 6.18. The van der Waals surface area contributed by atoms with E-state index in [0.717, 1.165) is 36.3 Å². The number of pyridine rings is 1. The van der Waals surface area contributed by atoms with Gasteiger partial charge in [0.25, 0.3) is 0 Å². The number of hydrogen-bond donors (Lipinski definition) is 2. The minimum absolute atomic E-state index is 0.0948. The molecule has 0 radical (unpaired) electrons. The molecule has 2 atom stereocenters. The molecule has 2 heterocycles. The molecule has 3 rings (SSSR count). The minimum atomic E-state index is 0.0948. The third-order valence-electron chi connectivity index (χ3n) is 3.83. The smallest absolute Gasteiger partial charge is 0.229 e. The molecule has 0 bridgehead atoms. The van der Waals surface area contributed by atoms with Crippen molar-refractivity contribution in [3.63, 3.8) is 0 Å². The number of aryl methyl sites for hydroxylation is 1. The van der Waals surface area contributed by atoms with Gasteiger partial charge in [-0.1, -0.05) is 12.8 Å². The van der Waals surface area contributed by atoms with Gasteiger partial charge in [-0.25, -0.2) is 4.98 Å². The van der Waals surface area contributed by atoms with Crippen LogP contribution in [0.1, 0.15) is 31.2 Å². The van der Waals surface area contributed by atoms with Crippen LogP contribution in [0.3, 0.4) is 0 Å². The number of rotatable bonds is 0. The van der Waals surface area contributed by atoms with Crippen LogP contribution in [0.25, 0.3) is 0 Å². The number of nitrogens with zero attached hydrogens (tertiary/aromatic N) is 1. The fourth-order valence-corrected chi connectivity index (χ4v) is 2.83. The van der Waals surface area contributed by atoms with E-state index in [4.69, 9.17) is 0 Å². The number of carbonyl (C=O) groups excluding carboxylic acids is 1. The molecule has 1 aromatic heterocycles. The normalized spacial score (nSPS) is 27.2. The molecule has 2 N–H and O–H groups in total. The SMILES string of the molecule is Cc1ccnc2c1NC(=O)C1CCCCC1N2. The van der Waals surface area contributed by atoms with E-state index >= 15 is 0 Å². The Balaban J connectivity index is 2.01. The molecule has 1 saturated carbocycles. The first-order chi connectivity index (χ1) is 8.25. The number of nitrogens with one attached hydrogen (secondary N) is 2. The van der Waals surface area contributed by atoms with Gasteiger partial charge in [-0.15, -0.1) is 0 Å². The highest BCUT2D eigenvalue weighted by molar-refractivity contribution is 5.98. The van der Waals surface area contributed by atoms with Crippen molar-refractivity contribution in [2.75, 3.05) is 10.6 Å². The maximum Gasteiger partial charge on any atom is 0.229 e. The zero-order valence-electron chi connectivity index (χ0n) is 9.99. The lowest BCUT2D eigenvalue weighted by Crippen LogP contribution is -2.37. The van der Waals surface area contributed by atoms with Gasteiger partial charge >= 0.3 is 0 Å². The van der Waals surface area contributed by atoms with Gasteiger partial charge < -0.3 is 10.6 Å². The van der Waals surface area contributed by atoms with Gasteiger partial charge in [-0.05, 0) is 31.4 Å². The lowest BCUT2D eigenvalue weighted by Gasteiger charge is -2.28. The standard InChI is InChI=1S/C13H17N3O/c1-8-6-7-14-12-11(8)16-13(17)9-4-2-3-5-10(9)15-12/h6-7,9-10H,2-5H2,1H3,(H,14,15)(H,16,17). The van der Waals surface area contributed by atoms with E-state index in [1.54, 1.807) is 6.20 Å². The van der Waals surface area contributed by atoms with Crippen molar-refractivity contribution in [2.24, 2.45) is 5.92 Å². The Hall–Kier alpha value is -1.58. The first kappa shape index (κ1) is 10.6. The van der Waals surface area contributed by atoms with E-state index in [9.17, 15) is 4.79 Å². The number of aromatic nitrogens is 1. The van der Waals surface area contributed by atoms with E-state index in [2.05, 4.69) is 15.6 Å². The lowest BCUT2D eigenvalue weighted by atomic mass is 9.84. The van der Waals surface area contributed by atoms with Gasteiger partial charge in [0.1, 0.15) is 5.82 Å². The van der Waals surface area contributed by atoms with E-state index in [1.807, 2.05) is 13.0 Å². The third-order valence-corrected chi connectivity index (χ3v) is 3.83. The molecule has 1 aromatic rings. The first-order valence-corrected chi connectivity index (χ1v) is 6.29. The Morgan fingerprint density at radius 1 is 1.35 bits per heavy atom. The zero-order chi connectivity index (χ0) is 11.8. The molecular weight excluding hydrogens is 214 g/mol. The van der Waals surface area contributed by atoms with Crippen molar-refractivity contribution in [2.45, 2.75) is 38.6 Å². The summed E-state index contributed by atoms with van der Waals surface area (Å²) < 4.78 is 0. The molecule has 4 heteroatoms. The maximum atomic E-state index is 12.2. The van der Waals surface area contributed by atoms with Crippen LogP contribution >= 0.6 is 0 Å². The molecule has 1 fully saturated rings. The highest BCUT2D eigenvalue weighted by Gasteiger charge is 2.34. The second kappa shape index (κ2) is 4.02. The van der Waals surface area contributed by atoms with Gasteiger partial charge in [0.2, 0.25) is 5.91 Å². The predicted molar refractivity (Wildman–Crippen MR) is 67.0 cm³/mol. The molecule has 1 aliphatic carbocycles. The maximum absolute atomic E-state index is 12.2. The van der Waals surface area contributed by atoms with E-state index in [0.29, 0.717) is 0 Å². The zero-order valence-corrected chi connectivity index (χ0v) is 9.99. The van der Waals surface area contributed by atoms with Crippen LogP contribution in [0.2, 0.25) is 0 Å². The number of carbonyl (C=O) groups is 1. The third kappa shape index (κ3) is 1.77. The number of amides is 1. The number of hydrogen-bond acceptors (Lipinski definition) is 3. The second-order valence-corrected chi connectivity index (χ2v) is 4.98. The molecule has 2 aliphatic rings. The van der Waals surface area contributed by atoms with Crippen molar-refractivity contribution in [3.05, 3.63) is 17.8 Å². The Bertz CT molecular complexity index is 458. The predicted octanol–water partition coefficient (Wildman–Crippen LogP) is 2.31. The fourth-order valence-electron chi connectivity index (χ4n) is 2.83. The number of fused-ring (bicyclic) bond motifs is 2. The summed E-state index contributed by atoms with van der Waals surface area (Å²) in [6, 6.07) is 2.18. The van der Waals surface area contributed by atoms with Crippen molar-refractivity contribution >= 4 is 17.4 Å². The monoisotopic (exact) mass is 231 g/mol. The summed E-state index contributed by atoms with van der Waals surface area (Å²) in [6.45, 7) is 2.00. The van der Waals surface area contributed by atoms with Crippen LogP contribution in [0.5, 0.6) is 0 Å². The summed E-state index contributed by atoms with van der Waals surface area (Å²) in [5, 5.41) is 6.46. The first-order valence-electron chi connectivity index (χ1n) is 6.29. The van der Waals surface area contributed by atoms with Gasteiger partial charge in [-0.3, -0.25) is 4.79 Å². The summed E-state index contributed by atoms with van der Waals surface area (Å²) in [5.74, 6) is 1.07. The Kier molecular flexibility index (Phi) is 2.50. The van der Waals surface area contributed by atoms with Gasteiger partial charge in [0.05, 0.1) is 11.6 Å². The van der Waals surface area contributed by atoms with Crippen LogP contribution in [-0.2, 0) is 4.79 Å².